The summed E-state index contributed by atoms with van der Waals surface area (Å²) in [7, 11) is 0. The molecule has 136 valence electrons. The molecule has 0 radical (unpaired) electrons. The van der Waals surface area contributed by atoms with Crippen LogP contribution in [0.4, 0.5) is 10.3 Å². The van der Waals surface area contributed by atoms with E-state index in [2.05, 4.69) is 20.3 Å². The summed E-state index contributed by atoms with van der Waals surface area (Å²) in [5, 5.41) is 4.13. The van der Waals surface area contributed by atoms with Gasteiger partial charge in [-0.1, -0.05) is 23.2 Å². The molecule has 0 aliphatic heterocycles. The lowest BCUT2D eigenvalue weighted by Crippen LogP contribution is -2.07. The molecule has 0 bridgehead atoms. The summed E-state index contributed by atoms with van der Waals surface area (Å²) >= 11 is 12.2. The van der Waals surface area contributed by atoms with Crippen LogP contribution in [-0.4, -0.2) is 19.4 Å². The van der Waals surface area contributed by atoms with Gasteiger partial charge in [0.15, 0.2) is 0 Å². The molecule has 1 N–H and O–H groups in total. The van der Waals surface area contributed by atoms with Crippen molar-refractivity contribution in [1.29, 1.82) is 0 Å². The Morgan fingerprint density at radius 1 is 1.04 bits per heavy atom. The molecule has 27 heavy (non-hydrogen) atoms. The Morgan fingerprint density at radius 2 is 1.81 bits per heavy atom. The van der Waals surface area contributed by atoms with Crippen LogP contribution in [0.25, 0.3) is 16.9 Å². The third kappa shape index (κ3) is 3.72. The molecular formula is C19H14Cl2FN5. The van der Waals surface area contributed by atoms with Gasteiger partial charge < -0.3 is 9.72 Å². The summed E-state index contributed by atoms with van der Waals surface area (Å²) < 4.78 is 15.2. The van der Waals surface area contributed by atoms with Gasteiger partial charge in [-0.2, -0.15) is 0 Å². The second kappa shape index (κ2) is 7.13. The van der Waals surface area contributed by atoms with Crippen molar-refractivity contribution < 1.29 is 4.39 Å². The second-order valence-corrected chi connectivity index (χ2v) is 6.82. The fraction of sp³-hybridized carbons (Fsp3) is 0.105. The largest absolute Gasteiger partial charge is 0.348 e. The lowest BCUT2D eigenvalue weighted by Gasteiger charge is -2.09. The zero-order valence-corrected chi connectivity index (χ0v) is 15.8. The van der Waals surface area contributed by atoms with Crippen molar-refractivity contribution in [3.8, 4) is 11.3 Å². The van der Waals surface area contributed by atoms with Gasteiger partial charge >= 0.3 is 0 Å². The highest BCUT2D eigenvalue weighted by molar-refractivity contribution is 6.30. The smallest absolute Gasteiger partial charge is 0.224 e. The molecule has 4 rings (SSSR count). The molecule has 0 spiro atoms. The van der Waals surface area contributed by atoms with E-state index in [4.69, 9.17) is 23.2 Å². The van der Waals surface area contributed by atoms with Crippen LogP contribution in [0, 0.1) is 12.7 Å². The first-order valence-electron chi connectivity index (χ1n) is 8.17. The average Bonchev–Trinajstić information content (AvgIpc) is 2.97. The maximum atomic E-state index is 13.3. The fourth-order valence-electron chi connectivity index (χ4n) is 2.85. The number of aryl methyl sites for hydroxylation is 1. The maximum absolute atomic E-state index is 13.3. The van der Waals surface area contributed by atoms with Gasteiger partial charge in [0.2, 0.25) is 5.95 Å². The van der Waals surface area contributed by atoms with Gasteiger partial charge in [-0.05, 0) is 49.4 Å². The molecule has 8 heteroatoms. The van der Waals surface area contributed by atoms with E-state index in [1.807, 2.05) is 17.4 Å². The molecule has 0 saturated heterocycles. The first kappa shape index (κ1) is 17.7. The van der Waals surface area contributed by atoms with E-state index in [-0.39, 0.29) is 5.82 Å². The van der Waals surface area contributed by atoms with E-state index < -0.39 is 0 Å². The van der Waals surface area contributed by atoms with Crippen LogP contribution in [0.15, 0.2) is 48.7 Å². The zero-order chi connectivity index (χ0) is 19.0. The number of anilines is 1. The number of hydrogen-bond donors (Lipinski definition) is 1. The molecule has 0 amide bonds. The first-order valence-corrected chi connectivity index (χ1v) is 8.93. The number of nitrogens with zero attached hydrogens (tertiary/aromatic N) is 4. The quantitative estimate of drug-likeness (QED) is 0.480. The molecule has 0 aliphatic carbocycles. The number of rotatable bonds is 4. The van der Waals surface area contributed by atoms with E-state index in [0.29, 0.717) is 22.7 Å². The Bertz CT molecular complexity index is 1100. The highest BCUT2D eigenvalue weighted by Crippen LogP contribution is 2.26. The number of imidazole rings is 1. The summed E-state index contributed by atoms with van der Waals surface area (Å²) in [6.45, 7) is 2.23. The highest BCUT2D eigenvalue weighted by atomic mass is 35.5. The van der Waals surface area contributed by atoms with E-state index >= 15 is 0 Å². The Labute approximate surface area is 164 Å². The van der Waals surface area contributed by atoms with Gasteiger partial charge in [-0.3, -0.25) is 0 Å². The Hall–Kier alpha value is -2.70. The normalized spacial score (nSPS) is 11.1. The van der Waals surface area contributed by atoms with Crippen LogP contribution < -0.4 is 5.32 Å². The molecule has 0 fully saturated rings. The Morgan fingerprint density at radius 3 is 2.56 bits per heavy atom. The number of aromatic nitrogens is 4. The van der Waals surface area contributed by atoms with Gasteiger partial charge in [0.05, 0.1) is 23.0 Å². The predicted octanol–water partition coefficient (Wildman–Crippen LogP) is 5.16. The third-order valence-electron chi connectivity index (χ3n) is 4.04. The lowest BCUT2D eigenvalue weighted by molar-refractivity contribution is 0.628. The van der Waals surface area contributed by atoms with Crippen LogP contribution in [0.2, 0.25) is 10.2 Å². The van der Waals surface area contributed by atoms with Crippen LogP contribution in [0.5, 0.6) is 0 Å². The number of fused-ring (bicyclic) bond motifs is 1. The standard InChI is InChI=1S/C19H14Cl2FN5/c1-11-8-16(21)25-19(24-11)23-9-15-18(12-2-5-14(22)6-3-12)26-17-7-4-13(20)10-27(15)17/h2-8,10H,9H2,1H3,(H,23,24,25). The van der Waals surface area contributed by atoms with Gasteiger partial charge in [0, 0.05) is 17.5 Å². The summed E-state index contributed by atoms with van der Waals surface area (Å²) in [4.78, 5) is 13.2. The van der Waals surface area contributed by atoms with E-state index in [1.54, 1.807) is 30.5 Å². The van der Waals surface area contributed by atoms with Crippen LogP contribution >= 0.6 is 23.2 Å². The average molecular weight is 402 g/mol. The number of benzene rings is 1. The molecule has 0 saturated carbocycles. The van der Waals surface area contributed by atoms with Gasteiger partial charge in [0.25, 0.3) is 0 Å². The van der Waals surface area contributed by atoms with Crippen LogP contribution in [0.3, 0.4) is 0 Å². The summed E-state index contributed by atoms with van der Waals surface area (Å²) in [6.07, 6.45) is 1.79. The molecule has 3 aromatic heterocycles. The second-order valence-electron chi connectivity index (χ2n) is 6.00. The molecule has 0 aliphatic rings. The predicted molar refractivity (Wildman–Crippen MR) is 105 cm³/mol. The van der Waals surface area contributed by atoms with Crippen molar-refractivity contribution in [2.24, 2.45) is 0 Å². The van der Waals surface area contributed by atoms with Crippen molar-refractivity contribution in [1.82, 2.24) is 19.4 Å². The van der Waals surface area contributed by atoms with E-state index in [9.17, 15) is 4.39 Å². The minimum absolute atomic E-state index is 0.298. The van der Waals surface area contributed by atoms with E-state index in [0.717, 1.165) is 28.3 Å². The van der Waals surface area contributed by atoms with Crippen molar-refractivity contribution >= 4 is 34.8 Å². The lowest BCUT2D eigenvalue weighted by atomic mass is 10.1. The van der Waals surface area contributed by atoms with Gasteiger partial charge in [-0.25, -0.2) is 19.3 Å². The van der Waals surface area contributed by atoms with Crippen LogP contribution in [0.1, 0.15) is 11.4 Å². The van der Waals surface area contributed by atoms with E-state index in [1.165, 1.54) is 12.1 Å². The van der Waals surface area contributed by atoms with Crippen molar-refractivity contribution in [3.63, 3.8) is 0 Å². The molecular weight excluding hydrogens is 388 g/mol. The fourth-order valence-corrected chi connectivity index (χ4v) is 3.25. The monoisotopic (exact) mass is 401 g/mol. The number of halogens is 3. The third-order valence-corrected chi connectivity index (χ3v) is 4.45. The molecule has 3 heterocycles. The van der Waals surface area contributed by atoms with Crippen LogP contribution in [-0.2, 0) is 6.54 Å². The summed E-state index contributed by atoms with van der Waals surface area (Å²) in [6, 6.07) is 11.5. The molecule has 4 aromatic rings. The molecule has 0 atom stereocenters. The van der Waals surface area contributed by atoms with Crippen molar-refractivity contribution in [3.05, 3.63) is 76.0 Å². The molecule has 0 unspecified atom stereocenters. The zero-order valence-electron chi connectivity index (χ0n) is 14.2. The number of nitrogens with one attached hydrogen (secondary N) is 1. The summed E-state index contributed by atoms with van der Waals surface area (Å²) in [5.74, 6) is 0.120. The number of hydrogen-bond acceptors (Lipinski definition) is 4. The number of pyridine rings is 1. The van der Waals surface area contributed by atoms with Crippen molar-refractivity contribution in [2.75, 3.05) is 5.32 Å². The van der Waals surface area contributed by atoms with Gasteiger partial charge in [-0.15, -0.1) is 0 Å². The van der Waals surface area contributed by atoms with Gasteiger partial charge in [0.1, 0.15) is 16.6 Å². The minimum Gasteiger partial charge on any atom is -0.348 e. The Kier molecular flexibility index (Phi) is 4.68. The molecule has 1 aromatic carbocycles. The topological polar surface area (TPSA) is 55.1 Å². The first-order chi connectivity index (χ1) is 13.0. The Balaban J connectivity index is 1.78. The van der Waals surface area contributed by atoms with Crippen molar-refractivity contribution in [2.45, 2.75) is 13.5 Å². The minimum atomic E-state index is -0.298. The maximum Gasteiger partial charge on any atom is 0.224 e. The summed E-state index contributed by atoms with van der Waals surface area (Å²) in [5.41, 5.74) is 3.87. The highest BCUT2D eigenvalue weighted by Gasteiger charge is 2.15. The molecule has 5 nitrogen and oxygen atoms in total. The SMILES string of the molecule is Cc1cc(Cl)nc(NCc2c(-c3ccc(F)cc3)nc3ccc(Cl)cn23)n1.